The molecule has 0 bridgehead atoms. The molecule has 0 spiro atoms. The van der Waals surface area contributed by atoms with E-state index in [9.17, 15) is 4.79 Å². The van der Waals surface area contributed by atoms with Crippen LogP contribution in [0.4, 0.5) is 0 Å². The van der Waals surface area contributed by atoms with Gasteiger partial charge < -0.3 is 4.90 Å². The number of halogens is 1. The Bertz CT molecular complexity index is 235. The molecule has 2 aliphatic rings. The first-order valence-corrected chi connectivity index (χ1v) is 6.81. The van der Waals surface area contributed by atoms with Gasteiger partial charge >= 0.3 is 0 Å². The lowest BCUT2D eigenvalue weighted by atomic mass is 10.2. The van der Waals surface area contributed by atoms with Gasteiger partial charge in [-0.1, -0.05) is 22.9 Å². The third-order valence-corrected chi connectivity index (χ3v) is 4.35. The first kappa shape index (κ1) is 11.4. The maximum atomic E-state index is 11.9. The molecule has 15 heavy (non-hydrogen) atoms. The number of carbonyl (C=O) groups excluding carboxylic acids is 1. The van der Waals surface area contributed by atoms with Crippen molar-refractivity contribution in [3.63, 3.8) is 0 Å². The molecular weight excluding hydrogens is 256 g/mol. The van der Waals surface area contributed by atoms with Crippen LogP contribution in [0.2, 0.25) is 0 Å². The SMILES string of the molecule is CCC(Br)C(=O)N1CCN(C2CC2)CC1. The van der Waals surface area contributed by atoms with Gasteiger partial charge in [-0.3, -0.25) is 9.69 Å². The Kier molecular flexibility index (Phi) is 3.67. The summed E-state index contributed by atoms with van der Waals surface area (Å²) in [6, 6.07) is 0.841. The average Bonchev–Trinajstić information content (AvgIpc) is 3.11. The van der Waals surface area contributed by atoms with Crippen molar-refractivity contribution in [2.75, 3.05) is 26.2 Å². The van der Waals surface area contributed by atoms with Crippen LogP contribution in [0.15, 0.2) is 0 Å². The van der Waals surface area contributed by atoms with E-state index in [1.54, 1.807) is 0 Å². The number of alkyl halides is 1. The molecule has 1 aliphatic heterocycles. The van der Waals surface area contributed by atoms with E-state index < -0.39 is 0 Å². The van der Waals surface area contributed by atoms with Crippen molar-refractivity contribution in [3.05, 3.63) is 0 Å². The molecular formula is C11H19BrN2O. The second kappa shape index (κ2) is 4.83. The smallest absolute Gasteiger partial charge is 0.236 e. The minimum absolute atomic E-state index is 0.0185. The lowest BCUT2D eigenvalue weighted by Crippen LogP contribution is -2.51. The molecule has 1 aliphatic carbocycles. The second-order valence-corrected chi connectivity index (χ2v) is 5.57. The van der Waals surface area contributed by atoms with Crippen LogP contribution in [-0.2, 0) is 4.79 Å². The number of amides is 1. The molecule has 1 amide bonds. The standard InChI is InChI=1S/C11H19BrN2O/c1-2-10(12)11(15)14-7-5-13(6-8-14)9-3-4-9/h9-10H,2-8H2,1H3. The Morgan fingerprint density at radius 2 is 1.93 bits per heavy atom. The summed E-state index contributed by atoms with van der Waals surface area (Å²) < 4.78 is 0. The van der Waals surface area contributed by atoms with E-state index in [0.717, 1.165) is 38.6 Å². The average molecular weight is 275 g/mol. The van der Waals surface area contributed by atoms with Gasteiger partial charge in [-0.25, -0.2) is 0 Å². The summed E-state index contributed by atoms with van der Waals surface area (Å²) in [4.78, 5) is 16.4. The molecule has 0 radical (unpaired) electrons. The van der Waals surface area contributed by atoms with Crippen LogP contribution in [0, 0.1) is 0 Å². The van der Waals surface area contributed by atoms with Crippen LogP contribution in [0.1, 0.15) is 26.2 Å². The fourth-order valence-electron chi connectivity index (χ4n) is 2.12. The lowest BCUT2D eigenvalue weighted by molar-refractivity contribution is -0.132. The summed E-state index contributed by atoms with van der Waals surface area (Å²) in [5, 5.41) is 0. The highest BCUT2D eigenvalue weighted by atomic mass is 79.9. The quantitative estimate of drug-likeness (QED) is 0.728. The van der Waals surface area contributed by atoms with Crippen molar-refractivity contribution in [3.8, 4) is 0 Å². The molecule has 1 saturated carbocycles. The third-order valence-electron chi connectivity index (χ3n) is 3.32. The fraction of sp³-hybridized carbons (Fsp3) is 0.909. The van der Waals surface area contributed by atoms with Crippen molar-refractivity contribution < 1.29 is 4.79 Å². The summed E-state index contributed by atoms with van der Waals surface area (Å²) >= 11 is 3.43. The predicted octanol–water partition coefficient (Wildman–Crippen LogP) is 1.47. The van der Waals surface area contributed by atoms with E-state index in [4.69, 9.17) is 0 Å². The number of rotatable bonds is 3. The molecule has 1 unspecified atom stereocenters. The molecule has 1 heterocycles. The maximum Gasteiger partial charge on any atom is 0.236 e. The van der Waals surface area contributed by atoms with Gasteiger partial charge in [-0.15, -0.1) is 0 Å². The Morgan fingerprint density at radius 3 is 2.40 bits per heavy atom. The Balaban J connectivity index is 1.79. The number of carbonyl (C=O) groups is 1. The van der Waals surface area contributed by atoms with Crippen molar-refractivity contribution >= 4 is 21.8 Å². The maximum absolute atomic E-state index is 11.9. The van der Waals surface area contributed by atoms with E-state index in [1.165, 1.54) is 12.8 Å². The van der Waals surface area contributed by atoms with Crippen LogP contribution < -0.4 is 0 Å². The van der Waals surface area contributed by atoms with E-state index in [1.807, 2.05) is 11.8 Å². The van der Waals surface area contributed by atoms with E-state index in [2.05, 4.69) is 20.8 Å². The van der Waals surface area contributed by atoms with Crippen LogP contribution in [0.5, 0.6) is 0 Å². The minimum Gasteiger partial charge on any atom is -0.339 e. The predicted molar refractivity (Wildman–Crippen MR) is 64.2 cm³/mol. The third kappa shape index (κ3) is 2.72. The molecule has 3 nitrogen and oxygen atoms in total. The first-order chi connectivity index (χ1) is 7.22. The van der Waals surface area contributed by atoms with Crippen LogP contribution >= 0.6 is 15.9 Å². The van der Waals surface area contributed by atoms with Gasteiger partial charge in [0.15, 0.2) is 0 Å². The van der Waals surface area contributed by atoms with Crippen molar-refractivity contribution in [2.24, 2.45) is 0 Å². The summed E-state index contributed by atoms with van der Waals surface area (Å²) in [5.74, 6) is 0.271. The molecule has 0 aromatic rings. The summed E-state index contributed by atoms with van der Waals surface area (Å²) in [6.45, 7) is 6.01. The molecule has 4 heteroatoms. The number of nitrogens with zero attached hydrogens (tertiary/aromatic N) is 2. The normalized spacial score (nSPS) is 25.3. The van der Waals surface area contributed by atoms with Gasteiger partial charge in [-0.2, -0.15) is 0 Å². The largest absolute Gasteiger partial charge is 0.339 e. The van der Waals surface area contributed by atoms with Gasteiger partial charge in [-0.05, 0) is 19.3 Å². The molecule has 0 N–H and O–H groups in total. The number of hydrogen-bond donors (Lipinski definition) is 0. The molecule has 2 rings (SSSR count). The summed E-state index contributed by atoms with van der Waals surface area (Å²) in [6.07, 6.45) is 3.61. The van der Waals surface area contributed by atoms with E-state index in [0.29, 0.717) is 0 Å². The zero-order valence-corrected chi connectivity index (χ0v) is 10.9. The van der Waals surface area contributed by atoms with Crippen LogP contribution in [0.25, 0.3) is 0 Å². The molecule has 0 aromatic heterocycles. The summed E-state index contributed by atoms with van der Waals surface area (Å²) in [7, 11) is 0. The Labute approximate surface area is 99.9 Å². The van der Waals surface area contributed by atoms with Gasteiger partial charge in [0.2, 0.25) is 5.91 Å². The summed E-state index contributed by atoms with van der Waals surface area (Å²) in [5.41, 5.74) is 0. The topological polar surface area (TPSA) is 23.6 Å². The zero-order valence-electron chi connectivity index (χ0n) is 9.29. The van der Waals surface area contributed by atoms with E-state index in [-0.39, 0.29) is 10.7 Å². The minimum atomic E-state index is 0.0185. The fourth-order valence-corrected chi connectivity index (χ4v) is 2.41. The monoisotopic (exact) mass is 274 g/mol. The molecule has 1 saturated heterocycles. The van der Waals surface area contributed by atoms with Gasteiger partial charge in [0, 0.05) is 32.2 Å². The van der Waals surface area contributed by atoms with Gasteiger partial charge in [0.25, 0.3) is 0 Å². The van der Waals surface area contributed by atoms with Crippen LogP contribution in [0.3, 0.4) is 0 Å². The Morgan fingerprint density at radius 1 is 1.33 bits per heavy atom. The lowest BCUT2D eigenvalue weighted by Gasteiger charge is -2.35. The Hall–Kier alpha value is -0.0900. The highest BCUT2D eigenvalue weighted by Gasteiger charge is 2.32. The highest BCUT2D eigenvalue weighted by Crippen LogP contribution is 2.27. The number of hydrogen-bond acceptors (Lipinski definition) is 2. The van der Waals surface area contributed by atoms with Crippen molar-refractivity contribution in [1.29, 1.82) is 0 Å². The molecule has 0 aromatic carbocycles. The highest BCUT2D eigenvalue weighted by molar-refractivity contribution is 9.10. The van der Waals surface area contributed by atoms with Gasteiger partial charge in [0.05, 0.1) is 4.83 Å². The van der Waals surface area contributed by atoms with Gasteiger partial charge in [0.1, 0.15) is 0 Å². The molecule has 86 valence electrons. The molecule has 2 fully saturated rings. The molecule has 1 atom stereocenters. The number of piperazine rings is 1. The zero-order chi connectivity index (χ0) is 10.8. The second-order valence-electron chi connectivity index (χ2n) is 4.47. The van der Waals surface area contributed by atoms with E-state index >= 15 is 0 Å². The van der Waals surface area contributed by atoms with Crippen molar-refractivity contribution in [1.82, 2.24) is 9.80 Å². The van der Waals surface area contributed by atoms with Crippen molar-refractivity contribution in [2.45, 2.75) is 37.1 Å². The van der Waals surface area contributed by atoms with Crippen LogP contribution in [-0.4, -0.2) is 52.8 Å². The first-order valence-electron chi connectivity index (χ1n) is 5.89.